The zero-order valence-electron chi connectivity index (χ0n) is 15.6. The highest BCUT2D eigenvalue weighted by atomic mass is 35.5. The van der Waals surface area contributed by atoms with Crippen molar-refractivity contribution in [1.82, 2.24) is 19.9 Å². The first-order valence-corrected chi connectivity index (χ1v) is 9.93. The fourth-order valence-electron chi connectivity index (χ4n) is 3.42. The number of phenols is 1. The summed E-state index contributed by atoms with van der Waals surface area (Å²) >= 11 is 11.9. The molecule has 1 saturated heterocycles. The molecule has 4 rings (SSSR count). The number of aromatic nitrogens is 3. The topological polar surface area (TPSA) is 82.8 Å². The maximum absolute atomic E-state index is 12.6. The van der Waals surface area contributed by atoms with E-state index in [4.69, 9.17) is 23.2 Å². The highest BCUT2D eigenvalue weighted by molar-refractivity contribution is 6.36. The molecule has 1 aliphatic rings. The summed E-state index contributed by atoms with van der Waals surface area (Å²) in [4.78, 5) is 19.0. The van der Waals surface area contributed by atoms with Gasteiger partial charge in [0.25, 0.3) is 5.91 Å². The molecule has 1 aliphatic heterocycles. The van der Waals surface area contributed by atoms with Gasteiger partial charge in [-0.25, -0.2) is 9.50 Å². The summed E-state index contributed by atoms with van der Waals surface area (Å²) in [6, 6.07) is 6.56. The van der Waals surface area contributed by atoms with E-state index in [-0.39, 0.29) is 22.4 Å². The van der Waals surface area contributed by atoms with E-state index in [9.17, 15) is 9.90 Å². The Kier molecular flexibility index (Phi) is 5.34. The molecule has 0 radical (unpaired) electrons. The van der Waals surface area contributed by atoms with Gasteiger partial charge in [0.1, 0.15) is 11.6 Å². The van der Waals surface area contributed by atoms with Gasteiger partial charge in [0.15, 0.2) is 5.65 Å². The molecule has 1 atom stereocenters. The van der Waals surface area contributed by atoms with Crippen LogP contribution in [0.2, 0.25) is 10.0 Å². The van der Waals surface area contributed by atoms with Crippen LogP contribution in [0.3, 0.4) is 0 Å². The largest absolute Gasteiger partial charge is 0.506 e. The lowest BCUT2D eigenvalue weighted by molar-refractivity contribution is 0.0937. The quantitative estimate of drug-likeness (QED) is 0.656. The van der Waals surface area contributed by atoms with Gasteiger partial charge in [0, 0.05) is 24.2 Å². The second-order valence-corrected chi connectivity index (χ2v) is 7.68. The van der Waals surface area contributed by atoms with Crippen LogP contribution < -0.4 is 10.2 Å². The number of carbonyl (C=O) groups excluding carboxylic acids is 1. The molecule has 1 aromatic carbocycles. The maximum Gasteiger partial charge on any atom is 0.255 e. The lowest BCUT2D eigenvalue weighted by atomic mass is 10.1. The molecule has 150 valence electrons. The van der Waals surface area contributed by atoms with Crippen LogP contribution in [0.25, 0.3) is 11.7 Å². The third-order valence-corrected chi connectivity index (χ3v) is 5.34. The molecule has 0 saturated carbocycles. The number of fused-ring (bicyclic) bond motifs is 1. The SMILES string of the molecule is C/C=C\c1cnc2ccc(N3CC[C@H](NC(=O)c4cc(Cl)cc(Cl)c4O)C3)nn12. The van der Waals surface area contributed by atoms with E-state index in [1.165, 1.54) is 12.1 Å². The Morgan fingerprint density at radius 2 is 2.17 bits per heavy atom. The number of anilines is 1. The molecule has 29 heavy (non-hydrogen) atoms. The second-order valence-electron chi connectivity index (χ2n) is 6.83. The zero-order chi connectivity index (χ0) is 20.5. The number of phenolic OH excluding ortho intramolecular Hbond substituents is 1. The third kappa shape index (κ3) is 3.88. The highest BCUT2D eigenvalue weighted by Gasteiger charge is 2.27. The van der Waals surface area contributed by atoms with Crippen molar-refractivity contribution in [2.24, 2.45) is 0 Å². The molecule has 0 aliphatic carbocycles. The molecule has 2 aromatic heterocycles. The van der Waals surface area contributed by atoms with Crippen molar-refractivity contribution in [3.63, 3.8) is 0 Å². The van der Waals surface area contributed by atoms with E-state index in [0.29, 0.717) is 11.6 Å². The number of amides is 1. The molecule has 0 bridgehead atoms. The molecule has 0 unspecified atom stereocenters. The number of benzene rings is 1. The van der Waals surface area contributed by atoms with Crippen molar-refractivity contribution < 1.29 is 9.90 Å². The van der Waals surface area contributed by atoms with Crippen LogP contribution in [-0.2, 0) is 0 Å². The van der Waals surface area contributed by atoms with Crippen molar-refractivity contribution in [1.29, 1.82) is 0 Å². The van der Waals surface area contributed by atoms with Crippen LogP contribution in [0, 0.1) is 0 Å². The highest BCUT2D eigenvalue weighted by Crippen LogP contribution is 2.31. The normalized spacial score (nSPS) is 16.8. The van der Waals surface area contributed by atoms with Gasteiger partial charge < -0.3 is 15.3 Å². The average molecular weight is 432 g/mol. The lowest BCUT2D eigenvalue weighted by Gasteiger charge is -2.18. The monoisotopic (exact) mass is 431 g/mol. The molecular weight excluding hydrogens is 413 g/mol. The Bertz CT molecular complexity index is 1110. The summed E-state index contributed by atoms with van der Waals surface area (Å²) in [7, 11) is 0. The van der Waals surface area contributed by atoms with Gasteiger partial charge in [-0.15, -0.1) is 5.10 Å². The first kappa shape index (κ1) is 19.5. The van der Waals surface area contributed by atoms with Crippen molar-refractivity contribution >= 4 is 46.7 Å². The minimum absolute atomic E-state index is 0.0467. The fourth-order valence-corrected chi connectivity index (χ4v) is 3.92. The summed E-state index contributed by atoms with van der Waals surface area (Å²) in [5.41, 5.74) is 1.75. The van der Waals surface area contributed by atoms with Crippen LogP contribution >= 0.6 is 23.2 Å². The lowest BCUT2D eigenvalue weighted by Crippen LogP contribution is -2.37. The van der Waals surface area contributed by atoms with Crippen molar-refractivity contribution in [3.05, 3.63) is 57.8 Å². The van der Waals surface area contributed by atoms with Gasteiger partial charge >= 0.3 is 0 Å². The Labute approximate surface area is 177 Å². The molecule has 1 fully saturated rings. The number of carbonyl (C=O) groups is 1. The molecular formula is C20H19Cl2N5O2. The number of nitrogens with one attached hydrogen (secondary N) is 1. The Morgan fingerprint density at radius 3 is 2.97 bits per heavy atom. The van der Waals surface area contributed by atoms with Gasteiger partial charge in [-0.3, -0.25) is 4.79 Å². The Balaban J connectivity index is 1.49. The van der Waals surface area contributed by atoms with E-state index >= 15 is 0 Å². The van der Waals surface area contributed by atoms with Gasteiger partial charge in [-0.05, 0) is 43.7 Å². The first-order valence-electron chi connectivity index (χ1n) is 9.17. The maximum atomic E-state index is 12.6. The summed E-state index contributed by atoms with van der Waals surface area (Å²) < 4.78 is 1.80. The molecule has 3 aromatic rings. The van der Waals surface area contributed by atoms with Crippen molar-refractivity contribution in [2.45, 2.75) is 19.4 Å². The molecule has 0 spiro atoms. The van der Waals surface area contributed by atoms with E-state index in [0.717, 1.165) is 30.1 Å². The fraction of sp³-hybridized carbons (Fsp3) is 0.250. The minimum Gasteiger partial charge on any atom is -0.506 e. The number of hydrogen-bond donors (Lipinski definition) is 2. The number of imidazole rings is 1. The van der Waals surface area contributed by atoms with Crippen LogP contribution in [0.15, 0.2) is 36.5 Å². The van der Waals surface area contributed by atoms with Gasteiger partial charge in [0.2, 0.25) is 0 Å². The third-order valence-electron chi connectivity index (χ3n) is 4.83. The van der Waals surface area contributed by atoms with E-state index in [1.807, 2.05) is 31.2 Å². The standard InChI is InChI=1S/C20H19Cl2N5O2/c1-2-3-14-10-23-17-4-5-18(25-27(14)17)26-7-6-13(11-26)24-20(29)15-8-12(21)9-16(22)19(15)28/h2-5,8-10,13,28H,6-7,11H2,1H3,(H,24,29)/b3-2-/t13-/m0/s1. The number of aromatic hydroxyl groups is 1. The summed E-state index contributed by atoms with van der Waals surface area (Å²) in [5, 5.41) is 18.0. The minimum atomic E-state index is -0.410. The summed E-state index contributed by atoms with van der Waals surface area (Å²) in [5.74, 6) is 0.131. The van der Waals surface area contributed by atoms with Gasteiger partial charge in [-0.2, -0.15) is 0 Å². The number of nitrogens with zero attached hydrogens (tertiary/aromatic N) is 4. The van der Waals surface area contributed by atoms with Crippen LogP contribution in [0.1, 0.15) is 29.4 Å². The summed E-state index contributed by atoms with van der Waals surface area (Å²) in [6.07, 6.45) is 6.43. The number of rotatable bonds is 4. The summed E-state index contributed by atoms with van der Waals surface area (Å²) in [6.45, 7) is 3.30. The Hall–Kier alpha value is -2.77. The molecule has 3 heterocycles. The first-order chi connectivity index (χ1) is 14.0. The predicted octanol–water partition coefficient (Wildman–Crippen LogP) is 3.78. The smallest absolute Gasteiger partial charge is 0.255 e. The molecule has 7 nitrogen and oxygen atoms in total. The van der Waals surface area contributed by atoms with E-state index < -0.39 is 5.91 Å². The van der Waals surface area contributed by atoms with Gasteiger partial charge in [-0.1, -0.05) is 29.3 Å². The molecule has 2 N–H and O–H groups in total. The van der Waals surface area contributed by atoms with Crippen LogP contribution in [-0.4, -0.2) is 44.7 Å². The molecule has 1 amide bonds. The average Bonchev–Trinajstić information content (AvgIpc) is 3.32. The van der Waals surface area contributed by atoms with E-state index in [2.05, 4.69) is 20.3 Å². The van der Waals surface area contributed by atoms with Crippen LogP contribution in [0.4, 0.5) is 5.82 Å². The number of hydrogen-bond acceptors (Lipinski definition) is 5. The number of halogens is 2. The van der Waals surface area contributed by atoms with Crippen LogP contribution in [0.5, 0.6) is 5.75 Å². The van der Waals surface area contributed by atoms with Crippen molar-refractivity contribution in [3.8, 4) is 5.75 Å². The molecule has 9 heteroatoms. The van der Waals surface area contributed by atoms with Crippen molar-refractivity contribution in [2.75, 3.05) is 18.0 Å². The predicted molar refractivity (Wildman–Crippen MR) is 114 cm³/mol. The second kappa shape index (κ2) is 7.93. The van der Waals surface area contributed by atoms with Gasteiger partial charge in [0.05, 0.1) is 22.5 Å². The van der Waals surface area contributed by atoms with E-state index in [1.54, 1.807) is 10.7 Å². The number of allylic oxidation sites excluding steroid dienone is 1. The zero-order valence-corrected chi connectivity index (χ0v) is 17.2. The Morgan fingerprint density at radius 1 is 1.34 bits per heavy atom.